The van der Waals surface area contributed by atoms with Gasteiger partial charge in [0.2, 0.25) is 5.91 Å². The van der Waals surface area contributed by atoms with Crippen molar-refractivity contribution in [1.29, 1.82) is 0 Å². The third kappa shape index (κ3) is 4.85. The average Bonchev–Trinajstić information content (AvgIpc) is 2.35. The van der Waals surface area contributed by atoms with Crippen molar-refractivity contribution in [2.75, 3.05) is 35.7 Å². The van der Waals surface area contributed by atoms with E-state index in [1.807, 2.05) is 0 Å². The highest BCUT2D eigenvalue weighted by Crippen LogP contribution is 2.19. The van der Waals surface area contributed by atoms with Crippen molar-refractivity contribution in [3.8, 4) is 0 Å². The van der Waals surface area contributed by atoms with E-state index in [2.05, 4.69) is 5.32 Å². The molecule has 1 aromatic rings. The van der Waals surface area contributed by atoms with Crippen LogP contribution in [0.25, 0.3) is 0 Å². The lowest BCUT2D eigenvalue weighted by atomic mass is 10.1. The molecule has 6 N–H and O–H groups in total. The smallest absolute Gasteiger partial charge is 0.248 e. The third-order valence-electron chi connectivity index (χ3n) is 2.35. The van der Waals surface area contributed by atoms with E-state index in [1.54, 1.807) is 30.0 Å². The summed E-state index contributed by atoms with van der Waals surface area (Å²) in [6, 6.07) is 4.94. The molecule has 0 aliphatic rings. The summed E-state index contributed by atoms with van der Waals surface area (Å²) >= 11 is 1.76. The molecular weight excluding hydrogens is 250 g/mol. The number of nitrogens with two attached hydrogens (primary N) is 2. The van der Waals surface area contributed by atoms with Crippen LogP contribution >= 0.6 is 11.8 Å². The molecule has 0 unspecified atom stereocenters. The number of hydrogen-bond donors (Lipinski definition) is 4. The van der Waals surface area contributed by atoms with Crippen LogP contribution in [0.2, 0.25) is 0 Å². The van der Waals surface area contributed by atoms with Crippen LogP contribution in [-0.4, -0.2) is 35.7 Å². The summed E-state index contributed by atoms with van der Waals surface area (Å²) in [5.41, 5.74) is 12.8. The van der Waals surface area contributed by atoms with Gasteiger partial charge in [0, 0.05) is 24.5 Å². The number of rotatable bonds is 8. The van der Waals surface area contributed by atoms with Gasteiger partial charge in [0.15, 0.2) is 0 Å². The largest absolute Gasteiger partial charge is 0.397 e. The van der Waals surface area contributed by atoms with E-state index in [0.29, 0.717) is 11.3 Å². The highest BCUT2D eigenvalue weighted by Gasteiger charge is 2.04. The number of thioether (sulfide) groups is 1. The van der Waals surface area contributed by atoms with Gasteiger partial charge in [-0.05, 0) is 30.4 Å². The SMILES string of the molecule is NC(=O)c1ccc(N)c(NCCSCCCO)c1. The minimum Gasteiger partial charge on any atom is -0.397 e. The van der Waals surface area contributed by atoms with Gasteiger partial charge in [-0.3, -0.25) is 4.79 Å². The number of hydrogen-bond acceptors (Lipinski definition) is 5. The number of aliphatic hydroxyl groups excluding tert-OH is 1. The van der Waals surface area contributed by atoms with E-state index in [4.69, 9.17) is 16.6 Å². The normalized spacial score (nSPS) is 10.3. The number of nitrogen functional groups attached to an aromatic ring is 1. The molecule has 5 nitrogen and oxygen atoms in total. The molecule has 1 aromatic carbocycles. The van der Waals surface area contributed by atoms with Crippen LogP contribution in [0.3, 0.4) is 0 Å². The van der Waals surface area contributed by atoms with Crippen molar-refractivity contribution < 1.29 is 9.90 Å². The second-order valence-corrected chi connectivity index (χ2v) is 5.01. The Balaban J connectivity index is 2.41. The van der Waals surface area contributed by atoms with Gasteiger partial charge in [0.05, 0.1) is 11.4 Å². The molecule has 1 rings (SSSR count). The number of amides is 1. The molecule has 6 heteroatoms. The standard InChI is InChI=1S/C12H19N3O2S/c13-10-3-2-9(12(14)17)8-11(10)15-4-7-18-6-1-5-16/h2-3,8,15-16H,1,4-7,13H2,(H2,14,17). The molecular formula is C12H19N3O2S. The van der Waals surface area contributed by atoms with Crippen LogP contribution < -0.4 is 16.8 Å². The molecule has 18 heavy (non-hydrogen) atoms. The summed E-state index contributed by atoms with van der Waals surface area (Å²) in [6.45, 7) is 0.983. The van der Waals surface area contributed by atoms with Gasteiger partial charge in [-0.25, -0.2) is 0 Å². The van der Waals surface area contributed by atoms with Crippen LogP contribution in [0, 0.1) is 0 Å². The van der Waals surface area contributed by atoms with Crippen LogP contribution in [0.5, 0.6) is 0 Å². The van der Waals surface area contributed by atoms with Crippen molar-refractivity contribution in [2.45, 2.75) is 6.42 Å². The monoisotopic (exact) mass is 269 g/mol. The molecule has 0 spiro atoms. The number of aliphatic hydroxyl groups is 1. The summed E-state index contributed by atoms with van der Waals surface area (Å²) in [4.78, 5) is 11.0. The Morgan fingerprint density at radius 3 is 2.83 bits per heavy atom. The Morgan fingerprint density at radius 1 is 1.39 bits per heavy atom. The molecule has 0 saturated heterocycles. The van der Waals surface area contributed by atoms with Gasteiger partial charge >= 0.3 is 0 Å². The van der Waals surface area contributed by atoms with E-state index >= 15 is 0 Å². The number of carbonyl (C=O) groups is 1. The first-order valence-electron chi connectivity index (χ1n) is 5.77. The molecule has 0 bridgehead atoms. The summed E-state index contributed by atoms with van der Waals surface area (Å²) in [6.07, 6.45) is 0.809. The minimum absolute atomic E-state index is 0.230. The fourth-order valence-electron chi connectivity index (χ4n) is 1.39. The zero-order valence-corrected chi connectivity index (χ0v) is 11.0. The van der Waals surface area contributed by atoms with Gasteiger partial charge in [0.1, 0.15) is 0 Å². The van der Waals surface area contributed by atoms with Gasteiger partial charge in [0.25, 0.3) is 0 Å². The summed E-state index contributed by atoms with van der Waals surface area (Å²) < 4.78 is 0. The lowest BCUT2D eigenvalue weighted by Gasteiger charge is -2.10. The first kappa shape index (κ1) is 14.7. The first-order valence-corrected chi connectivity index (χ1v) is 6.92. The van der Waals surface area contributed by atoms with Gasteiger partial charge in [-0.2, -0.15) is 11.8 Å². The molecule has 100 valence electrons. The average molecular weight is 269 g/mol. The van der Waals surface area contributed by atoms with Crippen molar-refractivity contribution in [2.24, 2.45) is 5.73 Å². The van der Waals surface area contributed by atoms with E-state index in [-0.39, 0.29) is 6.61 Å². The fourth-order valence-corrected chi connectivity index (χ4v) is 2.17. The van der Waals surface area contributed by atoms with E-state index in [1.165, 1.54) is 0 Å². The zero-order valence-electron chi connectivity index (χ0n) is 10.2. The van der Waals surface area contributed by atoms with E-state index < -0.39 is 5.91 Å². The maximum Gasteiger partial charge on any atom is 0.248 e. The summed E-state index contributed by atoms with van der Waals surface area (Å²) in [7, 11) is 0. The Bertz CT molecular complexity index is 399. The zero-order chi connectivity index (χ0) is 13.4. The van der Waals surface area contributed by atoms with E-state index in [0.717, 1.165) is 30.2 Å². The molecule has 0 aromatic heterocycles. The van der Waals surface area contributed by atoms with Gasteiger partial charge in [-0.1, -0.05) is 0 Å². The molecule has 0 aliphatic carbocycles. The Hall–Kier alpha value is -1.40. The van der Waals surface area contributed by atoms with Crippen molar-refractivity contribution >= 4 is 29.0 Å². The number of benzene rings is 1. The van der Waals surface area contributed by atoms with Crippen LogP contribution in [0.15, 0.2) is 18.2 Å². The molecule has 0 radical (unpaired) electrons. The molecule has 0 saturated carbocycles. The maximum atomic E-state index is 11.0. The molecule has 0 heterocycles. The quantitative estimate of drug-likeness (QED) is 0.415. The second-order valence-electron chi connectivity index (χ2n) is 3.78. The summed E-state index contributed by atoms with van der Waals surface area (Å²) in [5.74, 6) is 1.39. The second kappa shape index (κ2) is 7.84. The number of anilines is 2. The molecule has 0 fully saturated rings. The molecule has 0 atom stereocenters. The lowest BCUT2D eigenvalue weighted by molar-refractivity contribution is 0.100. The Morgan fingerprint density at radius 2 is 2.17 bits per heavy atom. The predicted octanol–water partition coefficient (Wildman–Crippen LogP) is 0.895. The molecule has 1 amide bonds. The topological polar surface area (TPSA) is 101 Å². The van der Waals surface area contributed by atoms with E-state index in [9.17, 15) is 4.79 Å². The Kier molecular flexibility index (Phi) is 6.38. The number of carbonyl (C=O) groups excluding carboxylic acids is 1. The first-order chi connectivity index (χ1) is 8.65. The maximum absolute atomic E-state index is 11.0. The Labute approximate surface area is 111 Å². The minimum atomic E-state index is -0.463. The van der Waals surface area contributed by atoms with Crippen molar-refractivity contribution in [1.82, 2.24) is 0 Å². The number of nitrogens with one attached hydrogen (secondary N) is 1. The van der Waals surface area contributed by atoms with Crippen LogP contribution in [0.1, 0.15) is 16.8 Å². The fraction of sp³-hybridized carbons (Fsp3) is 0.417. The summed E-state index contributed by atoms with van der Waals surface area (Å²) in [5, 5.41) is 11.8. The van der Waals surface area contributed by atoms with Gasteiger partial charge in [-0.15, -0.1) is 0 Å². The molecule has 0 aliphatic heterocycles. The van der Waals surface area contributed by atoms with Crippen molar-refractivity contribution in [3.05, 3.63) is 23.8 Å². The third-order valence-corrected chi connectivity index (χ3v) is 3.42. The highest BCUT2D eigenvalue weighted by molar-refractivity contribution is 7.99. The lowest BCUT2D eigenvalue weighted by Crippen LogP contribution is -2.13. The van der Waals surface area contributed by atoms with Crippen molar-refractivity contribution in [3.63, 3.8) is 0 Å². The predicted molar refractivity (Wildman–Crippen MR) is 76.9 cm³/mol. The number of primary amides is 1. The highest BCUT2D eigenvalue weighted by atomic mass is 32.2. The van der Waals surface area contributed by atoms with Crippen LogP contribution in [0.4, 0.5) is 11.4 Å². The van der Waals surface area contributed by atoms with Gasteiger partial charge < -0.3 is 21.9 Å². The van der Waals surface area contributed by atoms with Crippen LogP contribution in [-0.2, 0) is 0 Å².